The summed E-state index contributed by atoms with van der Waals surface area (Å²) in [6.45, 7) is 9.00. The van der Waals surface area contributed by atoms with Crippen molar-refractivity contribution in [2.75, 3.05) is 19.7 Å². The number of hydrogen-bond donors (Lipinski definition) is 1. The Balaban J connectivity index is 2.31. The lowest BCUT2D eigenvalue weighted by Crippen LogP contribution is -2.26. The van der Waals surface area contributed by atoms with Crippen molar-refractivity contribution in [2.45, 2.75) is 20.0 Å². The molecule has 2 aromatic rings. The van der Waals surface area contributed by atoms with Gasteiger partial charge < -0.3 is 5.11 Å². The molecule has 19 heavy (non-hydrogen) atoms. The van der Waals surface area contributed by atoms with Crippen molar-refractivity contribution >= 4 is 10.9 Å². The quantitative estimate of drug-likeness (QED) is 0.774. The van der Waals surface area contributed by atoms with Crippen LogP contribution in [0.5, 0.6) is 0 Å². The summed E-state index contributed by atoms with van der Waals surface area (Å²) in [5, 5.41) is 15.0. The van der Waals surface area contributed by atoms with Gasteiger partial charge >= 0.3 is 0 Å². The van der Waals surface area contributed by atoms with Crippen molar-refractivity contribution in [3.63, 3.8) is 0 Å². The first kappa shape index (κ1) is 13.8. The van der Waals surface area contributed by atoms with Crippen LogP contribution >= 0.6 is 0 Å². The van der Waals surface area contributed by atoms with E-state index in [1.54, 1.807) is 0 Å². The third-order valence-corrected chi connectivity index (χ3v) is 3.21. The van der Waals surface area contributed by atoms with Crippen molar-refractivity contribution in [2.24, 2.45) is 0 Å². The monoisotopic (exact) mass is 259 g/mol. The van der Waals surface area contributed by atoms with Gasteiger partial charge in [0.2, 0.25) is 0 Å². The highest BCUT2D eigenvalue weighted by Gasteiger charge is 2.12. The maximum atomic E-state index is 9.10. The fourth-order valence-corrected chi connectivity index (χ4v) is 2.32. The lowest BCUT2D eigenvalue weighted by atomic mass is 10.2. The van der Waals surface area contributed by atoms with Crippen molar-refractivity contribution in [1.82, 2.24) is 14.7 Å². The molecule has 0 aliphatic carbocycles. The summed E-state index contributed by atoms with van der Waals surface area (Å²) in [6.07, 6.45) is 1.86. The predicted octanol–water partition coefficient (Wildman–Crippen LogP) is 2.04. The van der Waals surface area contributed by atoms with Gasteiger partial charge in [-0.2, -0.15) is 5.10 Å². The molecule has 0 unspecified atom stereocenters. The molecule has 0 spiro atoms. The van der Waals surface area contributed by atoms with Gasteiger partial charge in [-0.05, 0) is 13.0 Å². The molecule has 0 aliphatic heterocycles. The number of fused-ring (bicyclic) bond motifs is 1. The van der Waals surface area contributed by atoms with Crippen LogP contribution in [0.25, 0.3) is 10.9 Å². The summed E-state index contributed by atoms with van der Waals surface area (Å²) < 4.78 is 2.02. The van der Waals surface area contributed by atoms with Crippen LogP contribution in [-0.2, 0) is 13.1 Å². The normalized spacial score (nSPS) is 11.3. The average Bonchev–Trinajstić information content (AvgIpc) is 2.78. The van der Waals surface area contributed by atoms with Gasteiger partial charge in [0, 0.05) is 31.6 Å². The second-order valence-electron chi connectivity index (χ2n) is 4.53. The summed E-state index contributed by atoms with van der Waals surface area (Å²) in [5.74, 6) is 0. The standard InChI is InChI=1S/C15H21N3O/c1-3-9-17(10-11-19)12-14-13-7-5-6-8-15(13)18(4-2)16-14/h3,5-8,19H,1,4,9-12H2,2H3. The first-order valence-corrected chi connectivity index (χ1v) is 6.68. The average molecular weight is 259 g/mol. The van der Waals surface area contributed by atoms with E-state index in [-0.39, 0.29) is 6.61 Å². The number of hydrogen-bond acceptors (Lipinski definition) is 3. The minimum absolute atomic E-state index is 0.153. The Hall–Kier alpha value is -1.65. The highest BCUT2D eigenvalue weighted by Crippen LogP contribution is 2.19. The van der Waals surface area contributed by atoms with E-state index in [0.717, 1.165) is 25.3 Å². The number of aliphatic hydroxyl groups is 1. The molecule has 0 radical (unpaired) electrons. The SMILES string of the molecule is C=CCN(CCO)Cc1nn(CC)c2ccccc12. The Morgan fingerprint density at radius 1 is 1.42 bits per heavy atom. The van der Waals surface area contributed by atoms with Crippen LogP contribution in [0, 0.1) is 0 Å². The topological polar surface area (TPSA) is 41.3 Å². The van der Waals surface area contributed by atoms with Crippen molar-refractivity contribution in [1.29, 1.82) is 0 Å². The third kappa shape index (κ3) is 3.03. The van der Waals surface area contributed by atoms with E-state index in [4.69, 9.17) is 5.11 Å². The number of benzene rings is 1. The smallest absolute Gasteiger partial charge is 0.0843 e. The van der Waals surface area contributed by atoms with E-state index in [1.807, 2.05) is 22.9 Å². The number of aryl methyl sites for hydroxylation is 1. The van der Waals surface area contributed by atoms with Crippen LogP contribution in [0.4, 0.5) is 0 Å². The molecule has 0 saturated carbocycles. The van der Waals surface area contributed by atoms with Crippen LogP contribution in [0.3, 0.4) is 0 Å². The predicted molar refractivity (Wildman–Crippen MR) is 78.0 cm³/mol. The Labute approximate surface area is 114 Å². The van der Waals surface area contributed by atoms with Gasteiger partial charge in [-0.1, -0.05) is 24.3 Å². The van der Waals surface area contributed by atoms with Crippen LogP contribution in [0.2, 0.25) is 0 Å². The minimum Gasteiger partial charge on any atom is -0.395 e. The van der Waals surface area contributed by atoms with Crippen LogP contribution in [0.15, 0.2) is 36.9 Å². The summed E-state index contributed by atoms with van der Waals surface area (Å²) in [6, 6.07) is 8.28. The summed E-state index contributed by atoms with van der Waals surface area (Å²) in [5.41, 5.74) is 2.23. The van der Waals surface area contributed by atoms with Crippen molar-refractivity contribution in [3.8, 4) is 0 Å². The van der Waals surface area contributed by atoms with E-state index in [0.29, 0.717) is 6.54 Å². The largest absolute Gasteiger partial charge is 0.395 e. The zero-order valence-corrected chi connectivity index (χ0v) is 11.4. The van der Waals surface area contributed by atoms with Gasteiger partial charge in [-0.3, -0.25) is 9.58 Å². The number of aliphatic hydroxyl groups excluding tert-OH is 1. The molecule has 0 saturated heterocycles. The number of rotatable bonds is 7. The second-order valence-corrected chi connectivity index (χ2v) is 4.53. The van der Waals surface area contributed by atoms with Crippen LogP contribution in [-0.4, -0.2) is 39.5 Å². The van der Waals surface area contributed by atoms with E-state index in [9.17, 15) is 0 Å². The van der Waals surface area contributed by atoms with E-state index >= 15 is 0 Å². The molecule has 1 aromatic carbocycles. The molecule has 1 aromatic heterocycles. The molecule has 1 N–H and O–H groups in total. The molecule has 1 heterocycles. The molecular weight excluding hydrogens is 238 g/mol. The van der Waals surface area contributed by atoms with E-state index in [1.165, 1.54) is 10.9 Å². The molecule has 0 atom stereocenters. The Bertz CT molecular complexity index is 547. The lowest BCUT2D eigenvalue weighted by molar-refractivity contribution is 0.202. The van der Waals surface area contributed by atoms with Crippen LogP contribution < -0.4 is 0 Å². The molecular formula is C15H21N3O. The maximum Gasteiger partial charge on any atom is 0.0843 e. The van der Waals surface area contributed by atoms with Gasteiger partial charge in [-0.15, -0.1) is 6.58 Å². The lowest BCUT2D eigenvalue weighted by Gasteiger charge is -2.18. The molecule has 4 heteroatoms. The fourth-order valence-electron chi connectivity index (χ4n) is 2.32. The van der Waals surface area contributed by atoms with Crippen molar-refractivity contribution in [3.05, 3.63) is 42.6 Å². The number of aromatic nitrogens is 2. The molecule has 0 aliphatic rings. The first-order valence-electron chi connectivity index (χ1n) is 6.68. The fraction of sp³-hybridized carbons (Fsp3) is 0.400. The van der Waals surface area contributed by atoms with E-state index < -0.39 is 0 Å². The maximum absolute atomic E-state index is 9.10. The Morgan fingerprint density at radius 3 is 2.89 bits per heavy atom. The highest BCUT2D eigenvalue weighted by molar-refractivity contribution is 5.81. The Kier molecular flexibility index (Phi) is 4.71. The van der Waals surface area contributed by atoms with Gasteiger partial charge in [0.1, 0.15) is 0 Å². The third-order valence-electron chi connectivity index (χ3n) is 3.21. The van der Waals surface area contributed by atoms with Crippen LogP contribution in [0.1, 0.15) is 12.6 Å². The zero-order valence-electron chi connectivity index (χ0n) is 11.4. The molecule has 2 rings (SSSR count). The van der Waals surface area contributed by atoms with Crippen molar-refractivity contribution < 1.29 is 5.11 Å². The van der Waals surface area contributed by atoms with Gasteiger partial charge in [0.05, 0.1) is 17.8 Å². The van der Waals surface area contributed by atoms with Gasteiger partial charge in [0.25, 0.3) is 0 Å². The summed E-state index contributed by atoms with van der Waals surface area (Å²) in [4.78, 5) is 2.14. The molecule has 102 valence electrons. The second kappa shape index (κ2) is 6.50. The number of para-hydroxylation sites is 1. The highest BCUT2D eigenvalue weighted by atomic mass is 16.3. The minimum atomic E-state index is 0.153. The Morgan fingerprint density at radius 2 is 2.21 bits per heavy atom. The molecule has 0 amide bonds. The van der Waals surface area contributed by atoms with Gasteiger partial charge in [-0.25, -0.2) is 0 Å². The van der Waals surface area contributed by atoms with E-state index in [2.05, 4.69) is 35.6 Å². The van der Waals surface area contributed by atoms with Gasteiger partial charge in [0.15, 0.2) is 0 Å². The molecule has 0 fully saturated rings. The summed E-state index contributed by atoms with van der Waals surface area (Å²) >= 11 is 0. The molecule has 4 nitrogen and oxygen atoms in total. The first-order chi connectivity index (χ1) is 9.30. The summed E-state index contributed by atoms with van der Waals surface area (Å²) in [7, 11) is 0. The zero-order chi connectivity index (χ0) is 13.7. The molecule has 0 bridgehead atoms. The number of nitrogens with zero attached hydrogens (tertiary/aromatic N) is 3.